The number of methoxy groups -OCH3 is 1. The molecule has 2 heterocycles. The van der Waals surface area contributed by atoms with Crippen LogP contribution in [0.2, 0.25) is 0 Å². The highest BCUT2D eigenvalue weighted by atomic mass is 32.2. The lowest BCUT2D eigenvalue weighted by molar-refractivity contribution is -0.274. The van der Waals surface area contributed by atoms with Crippen molar-refractivity contribution in [3.63, 3.8) is 0 Å². The van der Waals surface area contributed by atoms with Crippen LogP contribution in [0.5, 0.6) is 11.5 Å². The van der Waals surface area contributed by atoms with E-state index >= 15 is 0 Å². The van der Waals surface area contributed by atoms with Crippen molar-refractivity contribution in [1.29, 1.82) is 0 Å². The molecule has 7 nitrogen and oxygen atoms in total. The van der Waals surface area contributed by atoms with Gasteiger partial charge in [-0.15, -0.1) is 13.2 Å². The largest absolute Gasteiger partial charge is 0.573 e. The van der Waals surface area contributed by atoms with Gasteiger partial charge in [0, 0.05) is 17.8 Å². The van der Waals surface area contributed by atoms with Gasteiger partial charge in [-0.05, 0) is 49.6 Å². The van der Waals surface area contributed by atoms with Crippen LogP contribution in [-0.2, 0) is 14.3 Å². The Morgan fingerprint density at radius 2 is 1.85 bits per heavy atom. The van der Waals surface area contributed by atoms with Crippen LogP contribution < -0.4 is 9.47 Å². The van der Waals surface area contributed by atoms with E-state index in [2.05, 4.69) is 4.74 Å². The fourth-order valence-electron chi connectivity index (χ4n) is 3.66. The van der Waals surface area contributed by atoms with Crippen LogP contribution in [0.1, 0.15) is 30.5 Å². The molecule has 0 bridgehead atoms. The number of fused-ring (bicyclic) bond motifs is 1. The highest BCUT2D eigenvalue weighted by Crippen LogP contribution is 2.37. The number of aromatic nitrogens is 2. The van der Waals surface area contributed by atoms with E-state index in [4.69, 9.17) is 13.9 Å². The second-order valence-electron chi connectivity index (χ2n) is 7.70. The second kappa shape index (κ2) is 9.22. The minimum Gasteiger partial charge on any atom is -0.496 e. The zero-order valence-corrected chi connectivity index (χ0v) is 19.7. The molecule has 0 aliphatic heterocycles. The number of nitrogens with zero attached hydrogens (tertiary/aromatic N) is 2. The smallest absolute Gasteiger partial charge is 0.496 e. The van der Waals surface area contributed by atoms with Crippen molar-refractivity contribution < 1.29 is 35.2 Å². The summed E-state index contributed by atoms with van der Waals surface area (Å²) >= 11 is 0. The van der Waals surface area contributed by atoms with Gasteiger partial charge >= 0.3 is 6.36 Å². The molecule has 0 amide bonds. The number of hydrogen-bond acceptors (Lipinski definition) is 6. The molecule has 2 aromatic heterocycles. The third-order valence-corrected chi connectivity index (χ3v) is 5.74. The van der Waals surface area contributed by atoms with Crippen LogP contribution in [0.15, 0.2) is 30.5 Å². The third-order valence-electron chi connectivity index (χ3n) is 5.18. The van der Waals surface area contributed by atoms with Crippen LogP contribution in [0.25, 0.3) is 22.3 Å². The first kappa shape index (κ1) is 24.8. The van der Waals surface area contributed by atoms with Crippen LogP contribution in [0, 0.1) is 13.8 Å². The van der Waals surface area contributed by atoms with Gasteiger partial charge in [0.15, 0.2) is 0 Å². The molecule has 3 rings (SSSR count). The minimum atomic E-state index is -4.81. The molecule has 0 N–H and O–H groups in total. The summed E-state index contributed by atoms with van der Waals surface area (Å²) < 4.78 is 76.9. The molecule has 0 radical (unpaired) electrons. The summed E-state index contributed by atoms with van der Waals surface area (Å²) in [7, 11) is -2.22. The number of ether oxygens (including phenoxy) is 2. The minimum absolute atomic E-state index is 0.00611. The Hall–Kier alpha value is -2.79. The van der Waals surface area contributed by atoms with Gasteiger partial charge in [-0.3, -0.25) is 4.18 Å². The average molecular weight is 487 g/mol. The summed E-state index contributed by atoms with van der Waals surface area (Å²) in [4.78, 5) is 4.78. The molecule has 3 aromatic rings. The van der Waals surface area contributed by atoms with E-state index in [1.807, 2.05) is 37.6 Å². The van der Waals surface area contributed by atoms with E-state index in [1.54, 1.807) is 0 Å². The van der Waals surface area contributed by atoms with Gasteiger partial charge in [0.1, 0.15) is 11.5 Å². The SMILES string of the molecule is CCC(COS(C)(=O)=O)n1cc(C)c2nc(-c3ccc(OC(F)(F)F)cc3OC)c(C)cc21. The van der Waals surface area contributed by atoms with E-state index in [0.717, 1.165) is 22.9 Å². The molecule has 1 aromatic carbocycles. The fraction of sp³-hybridized carbons (Fsp3) is 0.409. The van der Waals surface area contributed by atoms with E-state index in [1.165, 1.54) is 25.3 Å². The van der Waals surface area contributed by atoms with Crippen molar-refractivity contribution in [2.75, 3.05) is 20.0 Å². The highest BCUT2D eigenvalue weighted by molar-refractivity contribution is 7.85. The highest BCUT2D eigenvalue weighted by Gasteiger charge is 2.31. The Kier molecular flexibility index (Phi) is 6.94. The number of pyridine rings is 1. The monoisotopic (exact) mass is 486 g/mol. The van der Waals surface area contributed by atoms with Crippen molar-refractivity contribution in [3.8, 4) is 22.8 Å². The zero-order valence-electron chi connectivity index (χ0n) is 18.9. The number of benzene rings is 1. The second-order valence-corrected chi connectivity index (χ2v) is 9.35. The molecule has 0 aliphatic carbocycles. The van der Waals surface area contributed by atoms with Gasteiger partial charge in [0.05, 0.1) is 42.7 Å². The van der Waals surface area contributed by atoms with Crippen LogP contribution in [-0.4, -0.2) is 44.3 Å². The predicted molar refractivity (Wildman–Crippen MR) is 118 cm³/mol. The molecule has 11 heteroatoms. The van der Waals surface area contributed by atoms with E-state index in [-0.39, 0.29) is 24.1 Å². The third kappa shape index (κ3) is 5.77. The lowest BCUT2D eigenvalue weighted by Gasteiger charge is -2.18. The average Bonchev–Trinajstić information content (AvgIpc) is 3.01. The first-order valence-electron chi connectivity index (χ1n) is 10.1. The van der Waals surface area contributed by atoms with Gasteiger partial charge in [-0.1, -0.05) is 6.92 Å². The quantitative estimate of drug-likeness (QED) is 0.410. The standard InChI is InChI=1S/C22H25F3N2O5S/c1-6-15(12-31-33(5,28)29)27-11-14(3)21-18(27)9-13(2)20(26-21)17-8-7-16(10-19(17)30-4)32-22(23,24)25/h7-11,15H,6,12H2,1-5H3. The summed E-state index contributed by atoms with van der Waals surface area (Å²) in [6.45, 7) is 5.64. The molecule has 1 atom stereocenters. The van der Waals surface area contributed by atoms with Crippen molar-refractivity contribution in [1.82, 2.24) is 9.55 Å². The van der Waals surface area contributed by atoms with E-state index in [9.17, 15) is 21.6 Å². The molecule has 0 saturated carbocycles. The van der Waals surface area contributed by atoms with Crippen molar-refractivity contribution in [2.24, 2.45) is 0 Å². The topological polar surface area (TPSA) is 79.7 Å². The normalized spacial score (nSPS) is 13.3. The van der Waals surface area contributed by atoms with Crippen molar-refractivity contribution >= 4 is 21.2 Å². The number of halogens is 3. The summed E-state index contributed by atoms with van der Waals surface area (Å²) in [6, 6.07) is 5.54. The van der Waals surface area contributed by atoms with E-state index < -0.39 is 16.5 Å². The lowest BCUT2D eigenvalue weighted by atomic mass is 10.0. The number of hydrogen-bond donors (Lipinski definition) is 0. The maximum Gasteiger partial charge on any atom is 0.573 e. The molecule has 180 valence electrons. The van der Waals surface area contributed by atoms with Gasteiger partial charge < -0.3 is 14.0 Å². The molecule has 1 unspecified atom stereocenters. The lowest BCUT2D eigenvalue weighted by Crippen LogP contribution is -2.17. The van der Waals surface area contributed by atoms with Crippen LogP contribution >= 0.6 is 0 Å². The Bertz CT molecular complexity index is 1270. The summed E-state index contributed by atoms with van der Waals surface area (Å²) in [5.41, 5.74) is 4.19. The molecule has 33 heavy (non-hydrogen) atoms. The fourth-order valence-corrected chi connectivity index (χ4v) is 4.07. The number of aryl methyl sites for hydroxylation is 2. The van der Waals surface area contributed by atoms with Gasteiger partial charge in [0.2, 0.25) is 0 Å². The van der Waals surface area contributed by atoms with Crippen LogP contribution in [0.3, 0.4) is 0 Å². The van der Waals surface area contributed by atoms with Crippen molar-refractivity contribution in [3.05, 3.63) is 41.6 Å². The first-order chi connectivity index (χ1) is 15.3. The Labute approximate surface area is 190 Å². The maximum absolute atomic E-state index is 12.6. The number of alkyl halides is 3. The van der Waals surface area contributed by atoms with Gasteiger partial charge in [-0.2, -0.15) is 8.42 Å². The van der Waals surface area contributed by atoms with E-state index in [0.29, 0.717) is 23.2 Å². The van der Waals surface area contributed by atoms with Crippen molar-refractivity contribution in [2.45, 2.75) is 39.6 Å². The predicted octanol–water partition coefficient (Wildman–Crippen LogP) is 5.15. The van der Waals surface area contributed by atoms with Gasteiger partial charge in [0.25, 0.3) is 10.1 Å². The molecule has 0 aliphatic rings. The van der Waals surface area contributed by atoms with Gasteiger partial charge in [-0.25, -0.2) is 4.98 Å². The molecule has 0 spiro atoms. The van der Waals surface area contributed by atoms with Crippen LogP contribution in [0.4, 0.5) is 13.2 Å². The molecular weight excluding hydrogens is 461 g/mol. The Morgan fingerprint density at radius 3 is 2.42 bits per heavy atom. The first-order valence-corrected chi connectivity index (χ1v) is 11.9. The summed E-state index contributed by atoms with van der Waals surface area (Å²) in [6.07, 6.45) is -1.28. The molecule has 0 saturated heterocycles. The summed E-state index contributed by atoms with van der Waals surface area (Å²) in [5.74, 6) is -0.197. The Balaban J connectivity index is 2.07. The number of rotatable bonds is 8. The molecule has 0 fully saturated rings. The Morgan fingerprint density at radius 1 is 1.15 bits per heavy atom. The molecular formula is C22H25F3N2O5S. The summed E-state index contributed by atoms with van der Waals surface area (Å²) in [5, 5.41) is 0. The maximum atomic E-state index is 12.6. The zero-order chi connectivity index (χ0) is 24.6.